The van der Waals surface area contributed by atoms with Crippen LogP contribution in [0.5, 0.6) is 11.6 Å². The highest BCUT2D eigenvalue weighted by Gasteiger charge is 2.34. The van der Waals surface area contributed by atoms with Crippen LogP contribution in [-0.2, 0) is 4.79 Å². The number of carbonyl (C=O) groups excluding carboxylic acids is 3. The summed E-state index contributed by atoms with van der Waals surface area (Å²) in [6, 6.07) is 14.1. The molecule has 0 aliphatic carbocycles. The molecular formula is C29H24N6O4S. The summed E-state index contributed by atoms with van der Waals surface area (Å²) in [4.78, 5) is 52.0. The van der Waals surface area contributed by atoms with E-state index in [2.05, 4.69) is 27.2 Å². The molecule has 2 N–H and O–H groups in total. The van der Waals surface area contributed by atoms with Crippen LogP contribution in [0.2, 0.25) is 0 Å². The Morgan fingerprint density at radius 3 is 2.75 bits per heavy atom. The van der Waals surface area contributed by atoms with Crippen molar-refractivity contribution in [2.24, 2.45) is 0 Å². The molecule has 4 aromatic rings. The number of carbonyl (C=O) groups is 3. The Balaban J connectivity index is 1.31. The molecule has 0 fully saturated rings. The molecule has 0 radical (unpaired) electrons. The maximum atomic E-state index is 13.5. The van der Waals surface area contributed by atoms with Crippen molar-refractivity contribution in [2.45, 2.75) is 13.3 Å². The molecule has 6 rings (SSSR count). The van der Waals surface area contributed by atoms with Crippen LogP contribution in [-0.4, -0.2) is 45.8 Å². The molecule has 0 saturated heterocycles. The third-order valence-electron chi connectivity index (χ3n) is 6.60. The number of hydrogen-bond acceptors (Lipinski definition) is 7. The third-order valence-corrected chi connectivity index (χ3v) is 7.70. The molecule has 11 heteroatoms. The molecule has 3 aromatic heterocycles. The Morgan fingerprint density at radius 2 is 1.98 bits per heavy atom. The lowest BCUT2D eigenvalue weighted by Gasteiger charge is -2.29. The number of hydrogen-bond donors (Lipinski definition) is 2. The number of nitrogens with one attached hydrogen (secondary N) is 2. The zero-order valence-corrected chi connectivity index (χ0v) is 22.3. The molecule has 200 valence electrons. The van der Waals surface area contributed by atoms with E-state index < -0.39 is 6.03 Å². The topological polar surface area (TPSA) is 117 Å². The predicted octanol–water partition coefficient (Wildman–Crippen LogP) is 5.51. The molecule has 2 aliphatic heterocycles. The fraction of sp³-hybridized carbons (Fsp3) is 0.138. The van der Waals surface area contributed by atoms with Crippen LogP contribution in [0.1, 0.15) is 21.8 Å². The van der Waals surface area contributed by atoms with Crippen molar-refractivity contribution in [3.63, 3.8) is 0 Å². The number of benzene rings is 1. The lowest BCUT2D eigenvalue weighted by molar-refractivity contribution is -0.125. The number of anilines is 3. The van der Waals surface area contributed by atoms with Crippen molar-refractivity contribution in [1.29, 1.82) is 0 Å². The van der Waals surface area contributed by atoms with Crippen LogP contribution in [0.3, 0.4) is 0 Å². The van der Waals surface area contributed by atoms with Crippen LogP contribution in [0.25, 0.3) is 10.2 Å². The molecule has 10 nitrogen and oxygen atoms in total. The van der Waals surface area contributed by atoms with E-state index in [-0.39, 0.29) is 18.4 Å². The van der Waals surface area contributed by atoms with E-state index in [4.69, 9.17) is 4.74 Å². The Bertz CT molecular complexity index is 1710. The number of thiophene rings is 1. The summed E-state index contributed by atoms with van der Waals surface area (Å²) in [5.41, 5.74) is 2.79. The lowest BCUT2D eigenvalue weighted by atomic mass is 10.1. The van der Waals surface area contributed by atoms with Crippen molar-refractivity contribution in [3.8, 4) is 11.6 Å². The van der Waals surface area contributed by atoms with Crippen molar-refractivity contribution in [1.82, 2.24) is 20.2 Å². The standard InChI is InChI=1S/C29H24N6O4S/c1-3-23(36)34-15-7-8-18(16-34)32-27(37)26-25-24-21(13-14-30-28(24)40-26)35(29(38)33-25)20-11-12-22(31-17(20)2)39-19-9-5-4-6-10-19/h3-6,8-14H,1,7,15-16H2,2H3,(H,32,37)(H,33,38). The van der Waals surface area contributed by atoms with Gasteiger partial charge in [-0.05, 0) is 43.7 Å². The van der Waals surface area contributed by atoms with Gasteiger partial charge in [0.15, 0.2) is 0 Å². The number of pyridine rings is 2. The van der Waals surface area contributed by atoms with E-state index in [0.717, 1.165) is 0 Å². The van der Waals surface area contributed by atoms with Crippen molar-refractivity contribution in [3.05, 3.63) is 89.7 Å². The Labute approximate surface area is 233 Å². The first kappa shape index (κ1) is 25.3. The smallest absolute Gasteiger partial charge is 0.331 e. The monoisotopic (exact) mass is 552 g/mol. The first-order valence-electron chi connectivity index (χ1n) is 12.6. The van der Waals surface area contributed by atoms with Gasteiger partial charge in [0.25, 0.3) is 5.91 Å². The minimum Gasteiger partial charge on any atom is -0.439 e. The van der Waals surface area contributed by atoms with Crippen LogP contribution in [0.4, 0.5) is 21.9 Å². The highest BCUT2D eigenvalue weighted by molar-refractivity contribution is 7.21. The van der Waals surface area contributed by atoms with E-state index in [0.29, 0.717) is 68.1 Å². The van der Waals surface area contributed by atoms with Gasteiger partial charge in [0.2, 0.25) is 11.8 Å². The van der Waals surface area contributed by atoms with Crippen molar-refractivity contribution < 1.29 is 19.1 Å². The lowest BCUT2D eigenvalue weighted by Crippen LogP contribution is -2.39. The summed E-state index contributed by atoms with van der Waals surface area (Å²) in [7, 11) is 0. The van der Waals surface area contributed by atoms with E-state index in [9.17, 15) is 14.4 Å². The minimum atomic E-state index is -0.422. The summed E-state index contributed by atoms with van der Waals surface area (Å²) in [6.45, 7) is 6.17. The average Bonchev–Trinajstić information content (AvgIpc) is 3.33. The first-order valence-corrected chi connectivity index (χ1v) is 13.4. The number of para-hydroxylation sites is 1. The fourth-order valence-corrected chi connectivity index (χ4v) is 5.79. The third kappa shape index (κ3) is 4.56. The van der Waals surface area contributed by atoms with Gasteiger partial charge in [-0.25, -0.2) is 14.8 Å². The maximum Gasteiger partial charge on any atom is 0.331 e. The molecule has 2 aliphatic rings. The van der Waals surface area contributed by atoms with Gasteiger partial charge in [0.1, 0.15) is 15.5 Å². The second-order valence-corrected chi connectivity index (χ2v) is 10.2. The molecule has 0 bridgehead atoms. The fourth-order valence-electron chi connectivity index (χ4n) is 4.77. The van der Waals surface area contributed by atoms with Gasteiger partial charge >= 0.3 is 6.03 Å². The van der Waals surface area contributed by atoms with Crippen molar-refractivity contribution >= 4 is 56.5 Å². The van der Waals surface area contributed by atoms with Crippen LogP contribution >= 0.6 is 11.3 Å². The predicted molar refractivity (Wildman–Crippen MR) is 153 cm³/mol. The van der Waals surface area contributed by atoms with Crippen LogP contribution in [0, 0.1) is 6.92 Å². The number of rotatable bonds is 6. The summed E-state index contributed by atoms with van der Waals surface area (Å²) in [6.07, 6.45) is 5.39. The number of aryl methyl sites for hydroxylation is 1. The van der Waals surface area contributed by atoms with Gasteiger partial charge in [-0.3, -0.25) is 14.5 Å². The Morgan fingerprint density at radius 1 is 1.15 bits per heavy atom. The van der Waals surface area contributed by atoms with Crippen LogP contribution < -0.4 is 20.3 Å². The van der Waals surface area contributed by atoms with Gasteiger partial charge in [0.05, 0.1) is 34.7 Å². The molecule has 0 saturated carbocycles. The van der Waals surface area contributed by atoms with Gasteiger partial charge < -0.3 is 20.3 Å². The van der Waals surface area contributed by atoms with Crippen molar-refractivity contribution in [2.75, 3.05) is 23.3 Å². The zero-order chi connectivity index (χ0) is 27.8. The zero-order valence-electron chi connectivity index (χ0n) is 21.5. The second-order valence-electron chi connectivity index (χ2n) is 9.19. The normalized spacial score (nSPS) is 14.4. The second kappa shape index (κ2) is 10.3. The van der Waals surface area contributed by atoms with E-state index in [1.807, 2.05) is 36.4 Å². The van der Waals surface area contributed by atoms with E-state index in [1.54, 1.807) is 36.2 Å². The Hall–Kier alpha value is -5.03. The molecule has 4 amide bonds. The summed E-state index contributed by atoms with van der Waals surface area (Å²) < 4.78 is 5.85. The summed E-state index contributed by atoms with van der Waals surface area (Å²) in [5, 5.41) is 6.47. The summed E-state index contributed by atoms with van der Waals surface area (Å²) in [5.74, 6) is 0.497. The van der Waals surface area contributed by atoms with Gasteiger partial charge in [-0.1, -0.05) is 30.9 Å². The number of nitrogens with zero attached hydrogens (tertiary/aromatic N) is 4. The molecular weight excluding hydrogens is 528 g/mol. The quantitative estimate of drug-likeness (QED) is 0.305. The first-order chi connectivity index (χ1) is 19.4. The largest absolute Gasteiger partial charge is 0.439 e. The number of amides is 4. The number of aromatic nitrogens is 2. The van der Waals surface area contributed by atoms with Crippen LogP contribution in [0.15, 0.2) is 79.2 Å². The maximum absolute atomic E-state index is 13.5. The molecule has 40 heavy (non-hydrogen) atoms. The van der Waals surface area contributed by atoms with E-state index in [1.165, 1.54) is 22.3 Å². The number of urea groups is 1. The highest BCUT2D eigenvalue weighted by atomic mass is 32.1. The van der Waals surface area contributed by atoms with Gasteiger partial charge in [-0.15, -0.1) is 11.3 Å². The summed E-state index contributed by atoms with van der Waals surface area (Å²) >= 11 is 1.19. The molecule has 1 aromatic carbocycles. The molecule has 5 heterocycles. The molecule has 0 unspecified atom stereocenters. The minimum absolute atomic E-state index is 0.192. The van der Waals surface area contributed by atoms with Gasteiger partial charge in [-0.2, -0.15) is 0 Å². The van der Waals surface area contributed by atoms with E-state index >= 15 is 0 Å². The Kier molecular flexibility index (Phi) is 6.48. The van der Waals surface area contributed by atoms with Gasteiger partial charge in [0, 0.05) is 24.5 Å². The molecule has 0 atom stereocenters. The molecule has 0 spiro atoms. The SMILES string of the molecule is C=CC(=O)N1CCC=C(NC(=O)c2sc3nccc4c3c2NC(=O)N4c2ccc(Oc3ccccc3)nc2C)C1. The number of ether oxygens (including phenoxy) is 1. The average molecular weight is 553 g/mol. The highest BCUT2D eigenvalue weighted by Crippen LogP contribution is 2.46.